The van der Waals surface area contributed by atoms with Crippen molar-refractivity contribution in [1.82, 2.24) is 15.5 Å². The van der Waals surface area contributed by atoms with Crippen molar-refractivity contribution in [2.45, 2.75) is 26.7 Å². The van der Waals surface area contributed by atoms with Gasteiger partial charge in [0.05, 0.1) is 6.20 Å². The van der Waals surface area contributed by atoms with Gasteiger partial charge in [-0.15, -0.1) is 0 Å². The lowest BCUT2D eigenvalue weighted by Crippen LogP contribution is -2.18. The maximum atomic E-state index is 4.01. The Balaban J connectivity index is 0.00000100. The average molecular weight is 321 g/mol. The van der Waals surface area contributed by atoms with E-state index in [0.29, 0.717) is 5.92 Å². The molecule has 0 amide bonds. The molecule has 0 saturated carbocycles. The zero-order chi connectivity index (χ0) is 17.4. The van der Waals surface area contributed by atoms with Gasteiger partial charge in [-0.2, -0.15) is 5.10 Å². The number of H-pyrrole nitrogens is 1. The Hall–Kier alpha value is -2.39. The fraction of sp³-hybridized carbons (Fsp3) is 0.286. The Morgan fingerprint density at radius 2 is 1.50 bits per heavy atom. The number of benzene rings is 2. The van der Waals surface area contributed by atoms with E-state index in [1.807, 2.05) is 33.3 Å². The van der Waals surface area contributed by atoms with E-state index >= 15 is 0 Å². The monoisotopic (exact) mass is 321 g/mol. The molecular formula is C21H27N3. The van der Waals surface area contributed by atoms with Crippen molar-refractivity contribution in [3.63, 3.8) is 0 Å². The smallest absolute Gasteiger partial charge is 0.0565 e. The molecule has 2 aromatic carbocycles. The second kappa shape index (κ2) is 9.04. The van der Waals surface area contributed by atoms with Gasteiger partial charge in [0.15, 0.2) is 0 Å². The topological polar surface area (TPSA) is 40.7 Å². The first kappa shape index (κ1) is 18.0. The van der Waals surface area contributed by atoms with E-state index in [1.165, 1.54) is 22.3 Å². The van der Waals surface area contributed by atoms with Crippen LogP contribution in [0.1, 0.15) is 36.5 Å². The van der Waals surface area contributed by atoms with Crippen molar-refractivity contribution in [2.24, 2.45) is 0 Å². The third-order valence-corrected chi connectivity index (χ3v) is 4.03. The number of nitrogens with zero attached hydrogens (tertiary/aromatic N) is 1. The van der Waals surface area contributed by atoms with Gasteiger partial charge in [0.1, 0.15) is 0 Å². The number of likely N-dealkylation sites (N-methyl/N-ethyl adjacent to an activating group) is 1. The van der Waals surface area contributed by atoms with Gasteiger partial charge in [0, 0.05) is 24.2 Å². The predicted molar refractivity (Wildman–Crippen MR) is 102 cm³/mol. The number of aromatic nitrogens is 2. The fourth-order valence-electron chi connectivity index (χ4n) is 2.75. The van der Waals surface area contributed by atoms with Crippen LogP contribution in [-0.2, 0) is 0 Å². The molecule has 1 aromatic heterocycles. The highest BCUT2D eigenvalue weighted by Gasteiger charge is 2.13. The van der Waals surface area contributed by atoms with Crippen LogP contribution < -0.4 is 5.32 Å². The molecule has 126 valence electrons. The lowest BCUT2D eigenvalue weighted by molar-refractivity contribution is 0.708. The van der Waals surface area contributed by atoms with Crippen LogP contribution in [0, 0.1) is 6.92 Å². The third kappa shape index (κ3) is 4.33. The summed E-state index contributed by atoms with van der Waals surface area (Å²) in [4.78, 5) is 0. The molecule has 0 saturated heterocycles. The van der Waals surface area contributed by atoms with Crippen LogP contribution in [0.4, 0.5) is 0 Å². The van der Waals surface area contributed by atoms with E-state index in [0.717, 1.165) is 12.1 Å². The van der Waals surface area contributed by atoms with Crippen LogP contribution in [0.5, 0.6) is 0 Å². The number of aryl methyl sites for hydroxylation is 1. The Morgan fingerprint density at radius 3 is 2.00 bits per heavy atom. The minimum atomic E-state index is 0.365. The summed E-state index contributed by atoms with van der Waals surface area (Å²) < 4.78 is 0. The zero-order valence-corrected chi connectivity index (χ0v) is 15.0. The molecule has 3 aromatic rings. The molecule has 1 heterocycles. The van der Waals surface area contributed by atoms with E-state index in [2.05, 4.69) is 71.0 Å². The molecule has 0 bridgehead atoms. The third-order valence-electron chi connectivity index (χ3n) is 4.03. The maximum absolute atomic E-state index is 4.01. The summed E-state index contributed by atoms with van der Waals surface area (Å²) in [7, 11) is 2.00. The summed E-state index contributed by atoms with van der Waals surface area (Å²) in [6.45, 7) is 7.05. The predicted octanol–water partition coefficient (Wildman–Crippen LogP) is 4.76. The first-order valence-electron chi connectivity index (χ1n) is 8.58. The molecular weight excluding hydrogens is 294 g/mol. The Kier molecular flexibility index (Phi) is 6.76. The van der Waals surface area contributed by atoms with Crippen molar-refractivity contribution in [1.29, 1.82) is 0 Å². The van der Waals surface area contributed by atoms with Crippen LogP contribution in [0.3, 0.4) is 0 Å². The second-order valence-corrected chi connectivity index (χ2v) is 5.63. The molecule has 0 fully saturated rings. The minimum Gasteiger partial charge on any atom is -0.319 e. The van der Waals surface area contributed by atoms with E-state index in [1.54, 1.807) is 0 Å². The van der Waals surface area contributed by atoms with Gasteiger partial charge in [-0.1, -0.05) is 67.9 Å². The first-order chi connectivity index (χ1) is 11.8. The van der Waals surface area contributed by atoms with Crippen LogP contribution in [0.25, 0.3) is 11.1 Å². The number of aromatic amines is 1. The molecule has 0 spiro atoms. The van der Waals surface area contributed by atoms with Gasteiger partial charge in [0.2, 0.25) is 0 Å². The maximum Gasteiger partial charge on any atom is 0.0565 e. The molecule has 0 aliphatic heterocycles. The number of hydrogen-bond acceptors (Lipinski definition) is 2. The minimum absolute atomic E-state index is 0.365. The summed E-state index contributed by atoms with van der Waals surface area (Å²) in [5, 5.41) is 10.2. The molecule has 0 radical (unpaired) electrons. The average Bonchev–Trinajstić information content (AvgIpc) is 3.17. The van der Waals surface area contributed by atoms with Gasteiger partial charge in [0.25, 0.3) is 0 Å². The Bertz CT molecular complexity index is 698. The lowest BCUT2D eigenvalue weighted by atomic mass is 9.90. The Labute approximate surface area is 145 Å². The van der Waals surface area contributed by atoms with Crippen LogP contribution >= 0.6 is 0 Å². The van der Waals surface area contributed by atoms with Crippen LogP contribution in [0.2, 0.25) is 0 Å². The van der Waals surface area contributed by atoms with Gasteiger partial charge < -0.3 is 5.32 Å². The van der Waals surface area contributed by atoms with E-state index in [-0.39, 0.29) is 0 Å². The van der Waals surface area contributed by atoms with Gasteiger partial charge in [-0.3, -0.25) is 5.10 Å². The Morgan fingerprint density at radius 1 is 0.917 bits per heavy atom. The number of nitrogens with one attached hydrogen (secondary N) is 2. The standard InChI is InChI=1S/C19H21N3.C2H6/c1-14-3-5-16(6-4-14)19(13-20-2)17-9-7-15(8-10-17)18-11-21-22-12-18;1-2/h3-12,19-20H,13H2,1-2H3,(H,21,22);1-2H3. The van der Waals surface area contributed by atoms with Crippen molar-refractivity contribution in [3.8, 4) is 11.1 Å². The van der Waals surface area contributed by atoms with Gasteiger partial charge in [-0.05, 0) is 30.7 Å². The molecule has 3 nitrogen and oxygen atoms in total. The summed E-state index contributed by atoms with van der Waals surface area (Å²) in [6, 6.07) is 17.6. The van der Waals surface area contributed by atoms with E-state index in [9.17, 15) is 0 Å². The lowest BCUT2D eigenvalue weighted by Gasteiger charge is -2.18. The summed E-state index contributed by atoms with van der Waals surface area (Å²) in [6.07, 6.45) is 3.76. The summed E-state index contributed by atoms with van der Waals surface area (Å²) in [5.41, 5.74) is 6.26. The molecule has 3 heteroatoms. The van der Waals surface area contributed by atoms with Gasteiger partial charge >= 0.3 is 0 Å². The highest BCUT2D eigenvalue weighted by Crippen LogP contribution is 2.27. The second-order valence-electron chi connectivity index (χ2n) is 5.63. The molecule has 3 rings (SSSR count). The molecule has 0 aliphatic carbocycles. The number of rotatable bonds is 5. The fourth-order valence-corrected chi connectivity index (χ4v) is 2.75. The normalized spacial score (nSPS) is 11.5. The summed E-state index contributed by atoms with van der Waals surface area (Å²) in [5.74, 6) is 0.365. The molecule has 24 heavy (non-hydrogen) atoms. The quantitative estimate of drug-likeness (QED) is 0.711. The zero-order valence-electron chi connectivity index (χ0n) is 15.0. The highest BCUT2D eigenvalue weighted by atomic mass is 15.1. The van der Waals surface area contributed by atoms with Crippen LogP contribution in [-0.4, -0.2) is 23.8 Å². The van der Waals surface area contributed by atoms with Crippen molar-refractivity contribution < 1.29 is 0 Å². The van der Waals surface area contributed by atoms with E-state index in [4.69, 9.17) is 0 Å². The molecule has 1 atom stereocenters. The van der Waals surface area contributed by atoms with Crippen LogP contribution in [0.15, 0.2) is 60.9 Å². The first-order valence-corrected chi connectivity index (χ1v) is 8.58. The molecule has 1 unspecified atom stereocenters. The van der Waals surface area contributed by atoms with Gasteiger partial charge in [-0.25, -0.2) is 0 Å². The van der Waals surface area contributed by atoms with Crippen molar-refractivity contribution >= 4 is 0 Å². The van der Waals surface area contributed by atoms with Crippen molar-refractivity contribution in [2.75, 3.05) is 13.6 Å². The molecule has 0 aliphatic rings. The van der Waals surface area contributed by atoms with E-state index < -0.39 is 0 Å². The SMILES string of the molecule is CC.CNCC(c1ccc(C)cc1)c1ccc(-c2cn[nH]c2)cc1. The highest BCUT2D eigenvalue weighted by molar-refractivity contribution is 5.62. The molecule has 2 N–H and O–H groups in total. The number of hydrogen-bond donors (Lipinski definition) is 2. The largest absolute Gasteiger partial charge is 0.319 e. The van der Waals surface area contributed by atoms with Crippen molar-refractivity contribution in [3.05, 3.63) is 77.6 Å². The summed E-state index contributed by atoms with van der Waals surface area (Å²) >= 11 is 0.